The van der Waals surface area contributed by atoms with E-state index in [0.29, 0.717) is 5.56 Å². The van der Waals surface area contributed by atoms with Crippen LogP contribution in [0.3, 0.4) is 0 Å². The molecule has 0 aromatic heterocycles. The zero-order valence-corrected chi connectivity index (χ0v) is 15.0. The molecule has 0 aliphatic rings. The molecule has 0 amide bonds. The zero-order valence-electron chi connectivity index (χ0n) is 11.9. The molecule has 2 aromatic carbocycles. The Morgan fingerprint density at radius 2 is 1.29 bits per heavy atom. The number of halogens is 3. The third-order valence-electron chi connectivity index (χ3n) is 3.01. The third-order valence-corrected chi connectivity index (χ3v) is 3.01. The molecule has 0 N–H and O–H groups in total. The minimum absolute atomic E-state index is 0. The predicted molar refractivity (Wildman–Crippen MR) is 74.2 cm³/mol. The number of rotatable bonds is 6. The van der Waals surface area contributed by atoms with E-state index in [1.165, 1.54) is 0 Å². The SMILES string of the molecule is F[B-](F)(F)C(Cc1ccccc1)OCc1ccccc1.[K+]. The Morgan fingerprint density at radius 3 is 1.76 bits per heavy atom. The van der Waals surface area contributed by atoms with Crippen LogP contribution in [0.5, 0.6) is 0 Å². The van der Waals surface area contributed by atoms with Crippen LogP contribution in [0.1, 0.15) is 11.1 Å². The van der Waals surface area contributed by atoms with Crippen molar-refractivity contribution in [1.29, 1.82) is 0 Å². The largest absolute Gasteiger partial charge is 1.00 e. The van der Waals surface area contributed by atoms with Crippen LogP contribution in [-0.4, -0.2) is 13.0 Å². The summed E-state index contributed by atoms with van der Waals surface area (Å²) in [6.07, 6.45) is -0.142. The van der Waals surface area contributed by atoms with Crippen molar-refractivity contribution in [3.05, 3.63) is 71.8 Å². The number of hydrogen-bond donors (Lipinski definition) is 0. The summed E-state index contributed by atoms with van der Waals surface area (Å²) in [6.45, 7) is -5.06. The van der Waals surface area contributed by atoms with Crippen molar-refractivity contribution in [3.8, 4) is 0 Å². The van der Waals surface area contributed by atoms with E-state index >= 15 is 0 Å². The van der Waals surface area contributed by atoms with Gasteiger partial charge in [0.15, 0.2) is 0 Å². The molecular formula is C15H15BF3KO. The van der Waals surface area contributed by atoms with Crippen LogP contribution in [0.4, 0.5) is 12.9 Å². The van der Waals surface area contributed by atoms with Crippen molar-refractivity contribution in [2.24, 2.45) is 0 Å². The van der Waals surface area contributed by atoms with Gasteiger partial charge in [0.25, 0.3) is 0 Å². The molecule has 0 radical (unpaired) electrons. The van der Waals surface area contributed by atoms with Crippen LogP contribution in [-0.2, 0) is 17.8 Å². The summed E-state index contributed by atoms with van der Waals surface area (Å²) in [7, 11) is 0. The van der Waals surface area contributed by atoms with Crippen LogP contribution in [0, 0.1) is 0 Å². The first kappa shape index (κ1) is 18.9. The second kappa shape index (κ2) is 9.13. The van der Waals surface area contributed by atoms with E-state index in [1.807, 2.05) is 6.07 Å². The van der Waals surface area contributed by atoms with Crippen LogP contribution in [0.25, 0.3) is 0 Å². The smallest absolute Gasteiger partial charge is 0.447 e. The molecule has 0 spiro atoms. The standard InChI is InChI=1S/C15H15BF3O.K/c17-16(18,19)15(11-13-7-3-1-4-8-13)20-12-14-9-5-2-6-10-14;/h1-10,15H,11-12H2;/q-1;+1. The average Bonchev–Trinajstić information content (AvgIpc) is 2.44. The van der Waals surface area contributed by atoms with E-state index in [2.05, 4.69) is 0 Å². The van der Waals surface area contributed by atoms with Crippen molar-refractivity contribution in [1.82, 2.24) is 0 Å². The van der Waals surface area contributed by atoms with Gasteiger partial charge in [-0.15, -0.1) is 0 Å². The first-order valence-electron chi connectivity index (χ1n) is 6.45. The second-order valence-corrected chi connectivity index (χ2v) is 4.65. The Labute approximate surface area is 165 Å². The molecule has 1 atom stereocenters. The monoisotopic (exact) mass is 318 g/mol. The van der Waals surface area contributed by atoms with Crippen molar-refractivity contribution in [3.63, 3.8) is 0 Å². The normalized spacial score (nSPS) is 12.5. The van der Waals surface area contributed by atoms with Gasteiger partial charge in [-0.2, -0.15) is 0 Å². The molecule has 0 heterocycles. The summed E-state index contributed by atoms with van der Waals surface area (Å²) in [5.41, 5.74) is 1.37. The van der Waals surface area contributed by atoms with Gasteiger partial charge in [-0.25, -0.2) is 0 Å². The molecule has 0 aliphatic carbocycles. The van der Waals surface area contributed by atoms with E-state index in [0.717, 1.165) is 5.56 Å². The van der Waals surface area contributed by atoms with Crippen molar-refractivity contribution in [2.45, 2.75) is 19.0 Å². The molecule has 1 unspecified atom stereocenters. The fourth-order valence-corrected chi connectivity index (χ4v) is 1.93. The summed E-state index contributed by atoms with van der Waals surface area (Å²) in [5, 5.41) is 0. The van der Waals surface area contributed by atoms with Gasteiger partial charge in [-0.05, 0) is 17.5 Å². The summed E-state index contributed by atoms with van der Waals surface area (Å²) in [5.74, 6) is 0. The minimum Gasteiger partial charge on any atom is -0.447 e. The maximum atomic E-state index is 13.0. The molecule has 2 rings (SSSR count). The molecule has 0 bridgehead atoms. The van der Waals surface area contributed by atoms with Crippen molar-refractivity contribution < 1.29 is 69.1 Å². The van der Waals surface area contributed by atoms with Crippen LogP contribution >= 0.6 is 0 Å². The second-order valence-electron chi connectivity index (χ2n) is 4.65. The number of ether oxygens (including phenoxy) is 1. The molecule has 1 nitrogen and oxygen atoms in total. The van der Waals surface area contributed by atoms with E-state index in [1.54, 1.807) is 54.6 Å². The van der Waals surface area contributed by atoms with E-state index < -0.39 is 13.0 Å². The van der Waals surface area contributed by atoms with E-state index in [-0.39, 0.29) is 64.4 Å². The molecular weight excluding hydrogens is 303 g/mol. The van der Waals surface area contributed by atoms with Crippen LogP contribution in [0.2, 0.25) is 0 Å². The van der Waals surface area contributed by atoms with Gasteiger partial charge in [0.1, 0.15) is 0 Å². The topological polar surface area (TPSA) is 9.23 Å². The molecule has 0 saturated heterocycles. The molecule has 2 aromatic rings. The predicted octanol–water partition coefficient (Wildman–Crippen LogP) is 1.21. The first-order chi connectivity index (χ1) is 9.55. The summed E-state index contributed by atoms with van der Waals surface area (Å²) < 4.78 is 44.2. The molecule has 0 aliphatic heterocycles. The van der Waals surface area contributed by atoms with Gasteiger partial charge >= 0.3 is 58.4 Å². The maximum absolute atomic E-state index is 13.0. The van der Waals surface area contributed by atoms with Crippen molar-refractivity contribution in [2.75, 3.05) is 0 Å². The first-order valence-corrected chi connectivity index (χ1v) is 6.45. The number of hydrogen-bond acceptors (Lipinski definition) is 1. The Bertz CT molecular complexity index is 519. The van der Waals surface area contributed by atoms with Gasteiger partial charge in [-0.1, -0.05) is 60.7 Å². The van der Waals surface area contributed by atoms with E-state index in [9.17, 15) is 12.9 Å². The fraction of sp³-hybridized carbons (Fsp3) is 0.200. The zero-order chi connectivity index (χ0) is 14.4. The molecule has 0 saturated carbocycles. The van der Waals surface area contributed by atoms with Gasteiger partial charge in [-0.3, -0.25) is 0 Å². The fourth-order valence-electron chi connectivity index (χ4n) is 1.93. The quantitative estimate of drug-likeness (QED) is 0.728. The Balaban J connectivity index is 0.00000220. The minimum atomic E-state index is -5.03. The Hall–Kier alpha value is -0.109. The summed E-state index contributed by atoms with van der Waals surface area (Å²) in [6, 6.07) is 15.8. The summed E-state index contributed by atoms with van der Waals surface area (Å²) in [4.78, 5) is 0. The van der Waals surface area contributed by atoms with Crippen LogP contribution < -0.4 is 51.4 Å². The van der Waals surface area contributed by atoms with Gasteiger partial charge in [0.2, 0.25) is 0 Å². The average molecular weight is 318 g/mol. The molecule has 106 valence electrons. The van der Waals surface area contributed by atoms with Gasteiger partial charge in [0, 0.05) is 6.00 Å². The van der Waals surface area contributed by atoms with Gasteiger partial charge in [0.05, 0.1) is 6.61 Å². The van der Waals surface area contributed by atoms with Gasteiger partial charge < -0.3 is 17.7 Å². The van der Waals surface area contributed by atoms with Crippen LogP contribution in [0.15, 0.2) is 60.7 Å². The van der Waals surface area contributed by atoms with Crippen molar-refractivity contribution >= 4 is 6.98 Å². The maximum Gasteiger partial charge on any atom is 1.00 e. The number of benzene rings is 2. The Kier molecular flexibility index (Phi) is 8.23. The Morgan fingerprint density at radius 1 is 0.810 bits per heavy atom. The molecule has 6 heteroatoms. The molecule has 21 heavy (non-hydrogen) atoms. The third kappa shape index (κ3) is 6.67. The summed E-state index contributed by atoms with van der Waals surface area (Å²) >= 11 is 0. The van der Waals surface area contributed by atoms with E-state index in [4.69, 9.17) is 4.74 Å². The molecule has 0 fully saturated rings.